The molecule has 1 rings (SSSR count). The molecule has 5 heteroatoms. The van der Waals surface area contributed by atoms with Gasteiger partial charge in [-0.25, -0.2) is 0 Å². The highest BCUT2D eigenvalue weighted by Gasteiger charge is 2.17. The zero-order valence-electron chi connectivity index (χ0n) is 9.13. The smallest absolute Gasteiger partial charge is 0.241 e. The van der Waals surface area contributed by atoms with Gasteiger partial charge >= 0.3 is 0 Å². The maximum Gasteiger partial charge on any atom is 0.241 e. The van der Waals surface area contributed by atoms with E-state index in [4.69, 9.17) is 17.3 Å². The third-order valence-corrected chi connectivity index (χ3v) is 3.13. The number of nitrogens with one attached hydrogen (secondary N) is 1. The van der Waals surface area contributed by atoms with Gasteiger partial charge in [0.1, 0.15) is 0 Å². The molecule has 1 amide bonds. The second-order valence-corrected chi connectivity index (χ2v) is 5.17. The van der Waals surface area contributed by atoms with Gasteiger partial charge in [0.05, 0.1) is 11.7 Å². The molecule has 0 heterocycles. The number of hydrogen-bond acceptors (Lipinski definition) is 2. The molecular formula is C11H14BrClN2O. The minimum absolute atomic E-state index is 0.0953. The van der Waals surface area contributed by atoms with Crippen LogP contribution in [-0.2, 0) is 4.79 Å². The van der Waals surface area contributed by atoms with Gasteiger partial charge in [0, 0.05) is 9.50 Å². The first kappa shape index (κ1) is 13.5. The highest BCUT2D eigenvalue weighted by Crippen LogP contribution is 2.26. The molecule has 0 radical (unpaired) electrons. The number of carbonyl (C=O) groups is 1. The maximum absolute atomic E-state index is 11.7. The Bertz CT molecular complexity index is 396. The monoisotopic (exact) mass is 304 g/mol. The second kappa shape index (κ2) is 5.66. The number of amides is 1. The summed E-state index contributed by atoms with van der Waals surface area (Å²) in [4.78, 5) is 11.7. The SMILES string of the molecule is CC(C)C(N)C(=O)Nc1cc(Cl)ccc1Br. The number of rotatable bonds is 3. The molecule has 1 aromatic rings. The van der Waals surface area contributed by atoms with Crippen LogP contribution in [0.4, 0.5) is 5.69 Å². The minimum Gasteiger partial charge on any atom is -0.324 e. The minimum atomic E-state index is -0.522. The van der Waals surface area contributed by atoms with E-state index in [0.29, 0.717) is 10.7 Å². The molecule has 1 unspecified atom stereocenters. The topological polar surface area (TPSA) is 55.1 Å². The lowest BCUT2D eigenvalue weighted by Gasteiger charge is -2.16. The number of carbonyl (C=O) groups excluding carboxylic acids is 1. The molecule has 16 heavy (non-hydrogen) atoms. The average Bonchev–Trinajstić information content (AvgIpc) is 2.22. The van der Waals surface area contributed by atoms with Crippen LogP contribution < -0.4 is 11.1 Å². The molecule has 0 saturated heterocycles. The van der Waals surface area contributed by atoms with Crippen LogP contribution in [0.25, 0.3) is 0 Å². The van der Waals surface area contributed by atoms with E-state index < -0.39 is 6.04 Å². The van der Waals surface area contributed by atoms with E-state index in [0.717, 1.165) is 4.47 Å². The van der Waals surface area contributed by atoms with Crippen molar-refractivity contribution in [2.24, 2.45) is 11.7 Å². The molecule has 1 aromatic carbocycles. The van der Waals surface area contributed by atoms with Crippen molar-refractivity contribution >= 4 is 39.1 Å². The van der Waals surface area contributed by atoms with Crippen LogP contribution in [0.15, 0.2) is 22.7 Å². The molecule has 0 aliphatic heterocycles. The molecule has 3 N–H and O–H groups in total. The summed E-state index contributed by atoms with van der Waals surface area (Å²) < 4.78 is 0.779. The Morgan fingerprint density at radius 2 is 2.12 bits per heavy atom. The fourth-order valence-electron chi connectivity index (χ4n) is 1.11. The lowest BCUT2D eigenvalue weighted by molar-refractivity contribution is -0.118. The molecule has 0 aromatic heterocycles. The summed E-state index contributed by atoms with van der Waals surface area (Å²) in [6.07, 6.45) is 0. The van der Waals surface area contributed by atoms with Crippen molar-refractivity contribution in [3.8, 4) is 0 Å². The van der Waals surface area contributed by atoms with Gasteiger partial charge in [0.15, 0.2) is 0 Å². The number of halogens is 2. The third-order valence-electron chi connectivity index (χ3n) is 2.21. The van der Waals surface area contributed by atoms with Crippen molar-refractivity contribution in [3.63, 3.8) is 0 Å². The molecule has 0 aliphatic carbocycles. The predicted octanol–water partition coefficient (Wildman–Crippen LogP) is 3.02. The average molecular weight is 306 g/mol. The van der Waals surface area contributed by atoms with Gasteiger partial charge < -0.3 is 11.1 Å². The summed E-state index contributed by atoms with van der Waals surface area (Å²) in [7, 11) is 0. The van der Waals surface area contributed by atoms with Crippen molar-refractivity contribution < 1.29 is 4.79 Å². The number of nitrogens with two attached hydrogens (primary N) is 1. The Morgan fingerprint density at radius 3 is 2.69 bits per heavy atom. The summed E-state index contributed by atoms with van der Waals surface area (Å²) in [5, 5.41) is 3.30. The summed E-state index contributed by atoms with van der Waals surface area (Å²) in [6, 6.07) is 4.67. The van der Waals surface area contributed by atoms with E-state index in [2.05, 4.69) is 21.2 Å². The number of hydrogen-bond donors (Lipinski definition) is 2. The van der Waals surface area contributed by atoms with Crippen LogP contribution in [0.2, 0.25) is 5.02 Å². The lowest BCUT2D eigenvalue weighted by Crippen LogP contribution is -2.39. The van der Waals surface area contributed by atoms with Crippen LogP contribution in [-0.4, -0.2) is 11.9 Å². The molecule has 0 fully saturated rings. The largest absolute Gasteiger partial charge is 0.324 e. The molecule has 1 atom stereocenters. The number of anilines is 1. The van der Waals surface area contributed by atoms with E-state index in [1.807, 2.05) is 13.8 Å². The van der Waals surface area contributed by atoms with Gasteiger partial charge in [-0.15, -0.1) is 0 Å². The zero-order chi connectivity index (χ0) is 12.3. The molecule has 0 saturated carbocycles. The van der Waals surface area contributed by atoms with Crippen molar-refractivity contribution in [3.05, 3.63) is 27.7 Å². The van der Waals surface area contributed by atoms with Crippen LogP contribution in [0.5, 0.6) is 0 Å². The molecule has 3 nitrogen and oxygen atoms in total. The van der Waals surface area contributed by atoms with Crippen LogP contribution >= 0.6 is 27.5 Å². The Balaban J connectivity index is 2.80. The van der Waals surface area contributed by atoms with E-state index in [9.17, 15) is 4.79 Å². The van der Waals surface area contributed by atoms with Crippen molar-refractivity contribution in [1.82, 2.24) is 0 Å². The highest BCUT2D eigenvalue weighted by molar-refractivity contribution is 9.10. The molecule has 0 aliphatic rings. The van der Waals surface area contributed by atoms with Gasteiger partial charge in [-0.05, 0) is 40.0 Å². The summed E-state index contributed by atoms with van der Waals surface area (Å²) >= 11 is 9.17. The fraction of sp³-hybridized carbons (Fsp3) is 0.364. The lowest BCUT2D eigenvalue weighted by atomic mass is 10.1. The quantitative estimate of drug-likeness (QED) is 0.902. The van der Waals surface area contributed by atoms with Gasteiger partial charge in [-0.1, -0.05) is 25.4 Å². The Labute approximate surface area is 108 Å². The van der Waals surface area contributed by atoms with E-state index in [1.54, 1.807) is 18.2 Å². The van der Waals surface area contributed by atoms with Crippen molar-refractivity contribution in [2.45, 2.75) is 19.9 Å². The van der Waals surface area contributed by atoms with E-state index in [-0.39, 0.29) is 11.8 Å². The zero-order valence-corrected chi connectivity index (χ0v) is 11.5. The summed E-state index contributed by atoms with van der Waals surface area (Å²) in [5.41, 5.74) is 6.37. The molecular weight excluding hydrogens is 291 g/mol. The first-order valence-electron chi connectivity index (χ1n) is 4.93. The highest BCUT2D eigenvalue weighted by atomic mass is 79.9. The van der Waals surface area contributed by atoms with Gasteiger partial charge in [0.2, 0.25) is 5.91 Å². The van der Waals surface area contributed by atoms with Gasteiger partial charge in [0.25, 0.3) is 0 Å². The van der Waals surface area contributed by atoms with Crippen LogP contribution in [0, 0.1) is 5.92 Å². The normalized spacial score (nSPS) is 12.6. The fourth-order valence-corrected chi connectivity index (χ4v) is 1.63. The molecule has 0 bridgehead atoms. The van der Waals surface area contributed by atoms with Gasteiger partial charge in [-0.3, -0.25) is 4.79 Å². The Morgan fingerprint density at radius 1 is 1.50 bits per heavy atom. The standard InChI is InChI=1S/C11H14BrClN2O/c1-6(2)10(14)11(16)15-9-5-7(13)3-4-8(9)12/h3-6,10H,14H2,1-2H3,(H,15,16). The van der Waals surface area contributed by atoms with E-state index >= 15 is 0 Å². The number of benzene rings is 1. The van der Waals surface area contributed by atoms with Gasteiger partial charge in [-0.2, -0.15) is 0 Å². The first-order valence-corrected chi connectivity index (χ1v) is 6.10. The van der Waals surface area contributed by atoms with Crippen molar-refractivity contribution in [2.75, 3.05) is 5.32 Å². The summed E-state index contributed by atoms with van der Waals surface area (Å²) in [6.45, 7) is 3.80. The Hall–Kier alpha value is -0.580. The summed E-state index contributed by atoms with van der Waals surface area (Å²) in [5.74, 6) is -0.115. The predicted molar refractivity (Wildman–Crippen MR) is 70.6 cm³/mol. The second-order valence-electron chi connectivity index (χ2n) is 3.88. The van der Waals surface area contributed by atoms with Crippen LogP contribution in [0.1, 0.15) is 13.8 Å². The Kier molecular flexibility index (Phi) is 4.77. The molecule has 88 valence electrons. The first-order chi connectivity index (χ1) is 7.41. The maximum atomic E-state index is 11.7. The third kappa shape index (κ3) is 3.47. The molecule has 0 spiro atoms. The van der Waals surface area contributed by atoms with Crippen LogP contribution in [0.3, 0.4) is 0 Å². The van der Waals surface area contributed by atoms with E-state index in [1.165, 1.54) is 0 Å². The van der Waals surface area contributed by atoms with Crippen molar-refractivity contribution in [1.29, 1.82) is 0 Å².